The summed E-state index contributed by atoms with van der Waals surface area (Å²) in [6, 6.07) is 0. The Labute approximate surface area is 124 Å². The number of hydrogen-bond acceptors (Lipinski definition) is 3. The lowest BCUT2D eigenvalue weighted by Crippen LogP contribution is -2.27. The number of nitrogens with zero attached hydrogens (tertiary/aromatic N) is 3. The predicted molar refractivity (Wildman–Crippen MR) is 83.8 cm³/mol. The van der Waals surface area contributed by atoms with Crippen LogP contribution in [-0.4, -0.2) is 23.1 Å². The Bertz CT molecular complexity index is 400. The van der Waals surface area contributed by atoms with Gasteiger partial charge in [-0.2, -0.15) is 0 Å². The largest absolute Gasteiger partial charge is 0.356 e. The highest BCUT2D eigenvalue weighted by Crippen LogP contribution is 2.35. The summed E-state index contributed by atoms with van der Waals surface area (Å²) in [7, 11) is 0. The summed E-state index contributed by atoms with van der Waals surface area (Å²) < 4.78 is 1.16. The normalized spacial score (nSPS) is 21.8. The summed E-state index contributed by atoms with van der Waals surface area (Å²) in [6.45, 7) is 9.33. The van der Waals surface area contributed by atoms with Gasteiger partial charge in [-0.15, -0.1) is 0 Å². The van der Waals surface area contributed by atoms with Gasteiger partial charge in [0.15, 0.2) is 0 Å². The first-order valence-corrected chi connectivity index (χ1v) is 7.77. The molecular weight excluding hydrogens is 337 g/mol. The molecule has 2 heterocycles. The highest BCUT2D eigenvalue weighted by atomic mass is 127. The van der Waals surface area contributed by atoms with Crippen molar-refractivity contribution in [2.24, 2.45) is 11.3 Å². The number of rotatable bonds is 1. The first kappa shape index (κ1) is 14.0. The Kier molecular flexibility index (Phi) is 4.45. The molecule has 0 aromatic carbocycles. The van der Waals surface area contributed by atoms with Gasteiger partial charge in [0.2, 0.25) is 0 Å². The zero-order valence-corrected chi connectivity index (χ0v) is 13.6. The van der Waals surface area contributed by atoms with Crippen molar-refractivity contribution in [1.29, 1.82) is 0 Å². The summed E-state index contributed by atoms with van der Waals surface area (Å²) in [6.07, 6.45) is 7.42. The van der Waals surface area contributed by atoms with Crippen LogP contribution in [0.3, 0.4) is 0 Å². The van der Waals surface area contributed by atoms with Crippen molar-refractivity contribution in [3.8, 4) is 0 Å². The summed E-state index contributed by atoms with van der Waals surface area (Å²) in [4.78, 5) is 10.9. The minimum atomic E-state index is 0.425. The second kappa shape index (κ2) is 5.72. The van der Waals surface area contributed by atoms with Crippen LogP contribution in [0.5, 0.6) is 0 Å². The molecule has 2 rings (SSSR count). The predicted octanol–water partition coefficient (Wildman–Crippen LogP) is 3.73. The third-order valence-corrected chi connectivity index (χ3v) is 4.66. The van der Waals surface area contributed by atoms with Crippen molar-refractivity contribution in [3.05, 3.63) is 16.1 Å². The molecular formula is C14H22IN3. The average molecular weight is 359 g/mol. The number of aromatic nitrogens is 2. The van der Waals surface area contributed by atoms with E-state index in [0.29, 0.717) is 5.41 Å². The van der Waals surface area contributed by atoms with Gasteiger partial charge in [0, 0.05) is 19.3 Å². The molecule has 1 atom stereocenters. The Morgan fingerprint density at radius 1 is 1.28 bits per heavy atom. The summed E-state index contributed by atoms with van der Waals surface area (Å²) in [5.41, 5.74) is 0.425. The maximum absolute atomic E-state index is 4.44. The van der Waals surface area contributed by atoms with E-state index >= 15 is 0 Å². The molecule has 0 N–H and O–H groups in total. The van der Waals surface area contributed by atoms with Gasteiger partial charge in [0.25, 0.3) is 0 Å². The van der Waals surface area contributed by atoms with Crippen LogP contribution < -0.4 is 4.90 Å². The molecule has 0 radical (unpaired) electrons. The second-order valence-corrected chi connectivity index (χ2v) is 7.34. The molecule has 0 spiro atoms. The molecule has 0 aliphatic carbocycles. The molecule has 0 bridgehead atoms. The number of hydrogen-bond donors (Lipinski definition) is 0. The molecule has 18 heavy (non-hydrogen) atoms. The van der Waals surface area contributed by atoms with Gasteiger partial charge in [-0.3, -0.25) is 0 Å². The molecule has 1 aromatic rings. The van der Waals surface area contributed by atoms with E-state index in [1.54, 1.807) is 6.33 Å². The van der Waals surface area contributed by atoms with Crippen LogP contribution in [0.1, 0.15) is 40.0 Å². The van der Waals surface area contributed by atoms with Crippen molar-refractivity contribution >= 4 is 28.4 Å². The third-order valence-electron chi connectivity index (χ3n) is 3.90. The van der Waals surface area contributed by atoms with Crippen LogP contribution >= 0.6 is 22.6 Å². The van der Waals surface area contributed by atoms with Gasteiger partial charge in [0.1, 0.15) is 12.1 Å². The van der Waals surface area contributed by atoms with Crippen LogP contribution in [0.2, 0.25) is 0 Å². The summed E-state index contributed by atoms with van der Waals surface area (Å²) >= 11 is 2.33. The van der Waals surface area contributed by atoms with Crippen LogP contribution in [0.4, 0.5) is 5.82 Å². The molecule has 1 saturated heterocycles. The fourth-order valence-electron chi connectivity index (χ4n) is 2.71. The van der Waals surface area contributed by atoms with E-state index in [1.807, 2.05) is 6.20 Å². The minimum absolute atomic E-state index is 0.425. The maximum atomic E-state index is 4.44. The zero-order valence-electron chi connectivity index (χ0n) is 11.5. The first-order chi connectivity index (χ1) is 8.48. The lowest BCUT2D eigenvalue weighted by atomic mass is 9.77. The molecule has 0 saturated carbocycles. The van der Waals surface area contributed by atoms with Crippen LogP contribution in [0.15, 0.2) is 12.5 Å². The Morgan fingerprint density at radius 3 is 2.72 bits per heavy atom. The monoisotopic (exact) mass is 359 g/mol. The standard InChI is InChI=1S/C14H22IN3/c1-14(2,3)11-5-4-7-18(8-6-11)13-12(15)9-16-10-17-13/h9-11H,4-8H2,1-3H3. The van der Waals surface area contributed by atoms with Gasteiger partial charge < -0.3 is 4.90 Å². The topological polar surface area (TPSA) is 29.0 Å². The van der Waals surface area contributed by atoms with Crippen molar-refractivity contribution < 1.29 is 0 Å². The second-order valence-electron chi connectivity index (χ2n) is 6.18. The van der Waals surface area contributed by atoms with Crippen molar-refractivity contribution in [2.45, 2.75) is 40.0 Å². The Hall–Kier alpha value is -0.390. The number of anilines is 1. The third kappa shape index (κ3) is 3.33. The van der Waals surface area contributed by atoms with Crippen molar-refractivity contribution in [1.82, 2.24) is 9.97 Å². The van der Waals surface area contributed by atoms with Crippen LogP contribution in [-0.2, 0) is 0 Å². The maximum Gasteiger partial charge on any atom is 0.145 e. The highest BCUT2D eigenvalue weighted by Gasteiger charge is 2.27. The molecule has 100 valence electrons. The fourth-order valence-corrected chi connectivity index (χ4v) is 3.35. The molecule has 1 fully saturated rings. The van der Waals surface area contributed by atoms with Crippen molar-refractivity contribution in [2.75, 3.05) is 18.0 Å². The molecule has 1 aromatic heterocycles. The summed E-state index contributed by atoms with van der Waals surface area (Å²) in [5.74, 6) is 1.93. The smallest absolute Gasteiger partial charge is 0.145 e. The molecule has 1 aliphatic rings. The fraction of sp³-hybridized carbons (Fsp3) is 0.714. The lowest BCUT2D eigenvalue weighted by molar-refractivity contribution is 0.220. The molecule has 3 nitrogen and oxygen atoms in total. The van der Waals surface area contributed by atoms with E-state index in [4.69, 9.17) is 0 Å². The first-order valence-electron chi connectivity index (χ1n) is 6.69. The van der Waals surface area contributed by atoms with Gasteiger partial charge in [-0.05, 0) is 53.2 Å². The summed E-state index contributed by atoms with van der Waals surface area (Å²) in [5, 5.41) is 0. The zero-order chi connectivity index (χ0) is 13.2. The van der Waals surface area contributed by atoms with Gasteiger partial charge in [-0.1, -0.05) is 20.8 Å². The molecule has 4 heteroatoms. The SMILES string of the molecule is CC(C)(C)C1CCCN(c2ncncc2I)CC1. The average Bonchev–Trinajstić information content (AvgIpc) is 2.54. The Morgan fingerprint density at radius 2 is 2.06 bits per heavy atom. The molecule has 1 unspecified atom stereocenters. The van der Waals surface area contributed by atoms with E-state index in [2.05, 4.69) is 58.2 Å². The lowest BCUT2D eigenvalue weighted by Gasteiger charge is -2.30. The molecule has 1 aliphatic heterocycles. The van der Waals surface area contributed by atoms with Gasteiger partial charge in [0.05, 0.1) is 3.57 Å². The highest BCUT2D eigenvalue weighted by molar-refractivity contribution is 14.1. The van der Waals surface area contributed by atoms with E-state index in [1.165, 1.54) is 19.3 Å². The van der Waals surface area contributed by atoms with Gasteiger partial charge >= 0.3 is 0 Å². The van der Waals surface area contributed by atoms with E-state index < -0.39 is 0 Å². The van der Waals surface area contributed by atoms with Crippen LogP contribution in [0, 0.1) is 14.9 Å². The van der Waals surface area contributed by atoms with E-state index in [9.17, 15) is 0 Å². The minimum Gasteiger partial charge on any atom is -0.356 e. The van der Waals surface area contributed by atoms with E-state index in [0.717, 1.165) is 28.4 Å². The molecule has 0 amide bonds. The quantitative estimate of drug-likeness (QED) is 0.716. The van der Waals surface area contributed by atoms with E-state index in [-0.39, 0.29) is 0 Å². The van der Waals surface area contributed by atoms with Crippen LogP contribution in [0.25, 0.3) is 0 Å². The number of halogens is 1. The Balaban J connectivity index is 2.08. The van der Waals surface area contributed by atoms with Crippen molar-refractivity contribution in [3.63, 3.8) is 0 Å². The van der Waals surface area contributed by atoms with Gasteiger partial charge in [-0.25, -0.2) is 9.97 Å².